The standard InChI is InChI=1S/C10H19N3O/c11-5-6-13-9(7-12-10(13)14)8-3-1-2-4-8/h8-9H,1-7,11H2,(H,12,14). The molecule has 0 aromatic carbocycles. The van der Waals surface area contributed by atoms with Crippen LogP contribution >= 0.6 is 0 Å². The van der Waals surface area contributed by atoms with E-state index in [0.29, 0.717) is 25.0 Å². The number of rotatable bonds is 3. The van der Waals surface area contributed by atoms with Crippen molar-refractivity contribution in [2.45, 2.75) is 31.7 Å². The fourth-order valence-electron chi connectivity index (χ4n) is 2.72. The van der Waals surface area contributed by atoms with Crippen LogP contribution in [0.2, 0.25) is 0 Å². The van der Waals surface area contributed by atoms with E-state index in [1.807, 2.05) is 4.90 Å². The van der Waals surface area contributed by atoms with Crippen molar-refractivity contribution in [2.24, 2.45) is 11.7 Å². The summed E-state index contributed by atoms with van der Waals surface area (Å²) in [6.45, 7) is 2.09. The van der Waals surface area contributed by atoms with Crippen molar-refractivity contribution in [3.63, 3.8) is 0 Å². The Labute approximate surface area is 84.8 Å². The summed E-state index contributed by atoms with van der Waals surface area (Å²) >= 11 is 0. The fraction of sp³-hybridized carbons (Fsp3) is 0.900. The molecule has 0 aromatic heterocycles. The predicted octanol–water partition coefficient (Wildman–Crippen LogP) is 0.529. The predicted molar refractivity (Wildman–Crippen MR) is 54.9 cm³/mol. The molecule has 1 saturated carbocycles. The molecule has 0 spiro atoms. The topological polar surface area (TPSA) is 58.4 Å². The molecule has 3 N–H and O–H groups in total. The summed E-state index contributed by atoms with van der Waals surface area (Å²) < 4.78 is 0. The quantitative estimate of drug-likeness (QED) is 0.693. The van der Waals surface area contributed by atoms with E-state index in [1.54, 1.807) is 0 Å². The van der Waals surface area contributed by atoms with Gasteiger partial charge in [-0.15, -0.1) is 0 Å². The summed E-state index contributed by atoms with van der Waals surface area (Å²) in [6.07, 6.45) is 5.21. The second kappa shape index (κ2) is 4.17. The van der Waals surface area contributed by atoms with Crippen LogP contribution in [0.3, 0.4) is 0 Å². The molecule has 1 heterocycles. The Bertz CT molecular complexity index is 213. The van der Waals surface area contributed by atoms with Crippen molar-refractivity contribution in [3.8, 4) is 0 Å². The normalized spacial score (nSPS) is 28.5. The molecule has 1 unspecified atom stereocenters. The zero-order chi connectivity index (χ0) is 9.97. The smallest absolute Gasteiger partial charge is 0.317 e. The number of nitrogens with one attached hydrogen (secondary N) is 1. The van der Waals surface area contributed by atoms with E-state index < -0.39 is 0 Å². The SMILES string of the molecule is NCCN1C(=O)NCC1C1CCCC1. The largest absolute Gasteiger partial charge is 0.336 e. The van der Waals surface area contributed by atoms with Gasteiger partial charge in [0, 0.05) is 19.6 Å². The minimum Gasteiger partial charge on any atom is -0.336 e. The Kier molecular flexibility index (Phi) is 2.91. The highest BCUT2D eigenvalue weighted by Gasteiger charge is 2.36. The van der Waals surface area contributed by atoms with Gasteiger partial charge >= 0.3 is 6.03 Å². The van der Waals surface area contributed by atoms with Gasteiger partial charge in [-0.2, -0.15) is 0 Å². The van der Waals surface area contributed by atoms with Crippen molar-refractivity contribution in [1.82, 2.24) is 10.2 Å². The molecule has 4 heteroatoms. The number of hydrogen-bond donors (Lipinski definition) is 2. The lowest BCUT2D eigenvalue weighted by molar-refractivity contribution is 0.186. The highest BCUT2D eigenvalue weighted by atomic mass is 16.2. The Morgan fingerprint density at radius 2 is 2.14 bits per heavy atom. The summed E-state index contributed by atoms with van der Waals surface area (Å²) in [6, 6.07) is 0.487. The third-order valence-electron chi connectivity index (χ3n) is 3.44. The van der Waals surface area contributed by atoms with Crippen molar-refractivity contribution in [2.75, 3.05) is 19.6 Å². The Balaban J connectivity index is 1.98. The number of carbonyl (C=O) groups excluding carboxylic acids is 1. The molecule has 1 atom stereocenters. The number of hydrogen-bond acceptors (Lipinski definition) is 2. The number of amides is 2. The van der Waals surface area contributed by atoms with E-state index in [1.165, 1.54) is 25.7 Å². The lowest BCUT2D eigenvalue weighted by atomic mass is 9.98. The molecule has 4 nitrogen and oxygen atoms in total. The van der Waals surface area contributed by atoms with E-state index in [2.05, 4.69) is 5.32 Å². The maximum atomic E-state index is 11.5. The van der Waals surface area contributed by atoms with Gasteiger partial charge in [-0.1, -0.05) is 12.8 Å². The van der Waals surface area contributed by atoms with Crippen molar-refractivity contribution < 1.29 is 4.79 Å². The van der Waals surface area contributed by atoms with Crippen LogP contribution in [-0.2, 0) is 0 Å². The molecule has 1 aliphatic carbocycles. The first-order valence-electron chi connectivity index (χ1n) is 5.57. The van der Waals surface area contributed by atoms with E-state index in [-0.39, 0.29) is 6.03 Å². The monoisotopic (exact) mass is 197 g/mol. The highest BCUT2D eigenvalue weighted by Crippen LogP contribution is 2.31. The molecule has 2 fully saturated rings. The van der Waals surface area contributed by atoms with Crippen molar-refractivity contribution >= 4 is 6.03 Å². The molecule has 2 aliphatic rings. The van der Waals surface area contributed by atoms with Gasteiger partial charge in [0.25, 0.3) is 0 Å². The maximum Gasteiger partial charge on any atom is 0.317 e. The van der Waals surface area contributed by atoms with Gasteiger partial charge in [0.15, 0.2) is 0 Å². The van der Waals surface area contributed by atoms with Crippen LogP contribution in [0, 0.1) is 5.92 Å². The van der Waals surface area contributed by atoms with Crippen LogP contribution in [0.4, 0.5) is 4.79 Å². The minimum absolute atomic E-state index is 0.0762. The summed E-state index contributed by atoms with van der Waals surface area (Å²) in [5.74, 6) is 0.709. The average molecular weight is 197 g/mol. The molecular weight excluding hydrogens is 178 g/mol. The first-order valence-corrected chi connectivity index (χ1v) is 5.57. The van der Waals surface area contributed by atoms with Crippen LogP contribution in [0.5, 0.6) is 0 Å². The maximum absolute atomic E-state index is 11.5. The first-order chi connectivity index (χ1) is 6.83. The second-order valence-corrected chi connectivity index (χ2v) is 4.28. The fourth-order valence-corrected chi connectivity index (χ4v) is 2.72. The average Bonchev–Trinajstić information content (AvgIpc) is 2.77. The molecule has 2 amide bonds. The van der Waals surface area contributed by atoms with Crippen LogP contribution < -0.4 is 11.1 Å². The van der Waals surface area contributed by atoms with Gasteiger partial charge < -0.3 is 16.0 Å². The van der Waals surface area contributed by atoms with Crippen LogP contribution in [-0.4, -0.2) is 36.6 Å². The molecule has 1 aliphatic heterocycles. The van der Waals surface area contributed by atoms with Gasteiger partial charge in [-0.25, -0.2) is 4.79 Å². The molecule has 0 bridgehead atoms. The Morgan fingerprint density at radius 1 is 1.43 bits per heavy atom. The van der Waals surface area contributed by atoms with Gasteiger partial charge in [-0.3, -0.25) is 0 Å². The van der Waals surface area contributed by atoms with Gasteiger partial charge in [0.2, 0.25) is 0 Å². The van der Waals surface area contributed by atoms with E-state index >= 15 is 0 Å². The number of urea groups is 1. The van der Waals surface area contributed by atoms with Gasteiger partial charge in [0.1, 0.15) is 0 Å². The number of carbonyl (C=O) groups is 1. The molecule has 14 heavy (non-hydrogen) atoms. The molecule has 0 aromatic rings. The molecule has 0 radical (unpaired) electrons. The molecule has 2 rings (SSSR count). The second-order valence-electron chi connectivity index (χ2n) is 4.28. The van der Waals surface area contributed by atoms with Crippen molar-refractivity contribution in [3.05, 3.63) is 0 Å². The number of nitrogens with zero attached hydrogens (tertiary/aromatic N) is 1. The van der Waals surface area contributed by atoms with Gasteiger partial charge in [0.05, 0.1) is 6.04 Å². The van der Waals surface area contributed by atoms with Crippen molar-refractivity contribution in [1.29, 1.82) is 0 Å². The lowest BCUT2D eigenvalue weighted by Gasteiger charge is -2.27. The zero-order valence-corrected chi connectivity index (χ0v) is 8.54. The van der Waals surface area contributed by atoms with Crippen LogP contribution in [0.1, 0.15) is 25.7 Å². The van der Waals surface area contributed by atoms with E-state index in [0.717, 1.165) is 6.54 Å². The molecule has 1 saturated heterocycles. The Morgan fingerprint density at radius 3 is 2.79 bits per heavy atom. The summed E-state index contributed by atoms with van der Waals surface area (Å²) in [5, 5.41) is 2.91. The third kappa shape index (κ3) is 1.71. The zero-order valence-electron chi connectivity index (χ0n) is 8.54. The van der Waals surface area contributed by atoms with E-state index in [4.69, 9.17) is 5.73 Å². The molecular formula is C10H19N3O. The van der Waals surface area contributed by atoms with Gasteiger partial charge in [-0.05, 0) is 18.8 Å². The van der Waals surface area contributed by atoms with Crippen LogP contribution in [0.15, 0.2) is 0 Å². The summed E-state index contributed by atoms with van der Waals surface area (Å²) in [5.41, 5.74) is 5.51. The highest BCUT2D eigenvalue weighted by molar-refractivity contribution is 5.76. The third-order valence-corrected chi connectivity index (χ3v) is 3.44. The first kappa shape index (κ1) is 9.77. The lowest BCUT2D eigenvalue weighted by Crippen LogP contribution is -2.41. The summed E-state index contributed by atoms with van der Waals surface area (Å²) in [4.78, 5) is 13.4. The summed E-state index contributed by atoms with van der Waals surface area (Å²) in [7, 11) is 0. The number of nitrogens with two attached hydrogens (primary N) is 1. The van der Waals surface area contributed by atoms with Crippen LogP contribution in [0.25, 0.3) is 0 Å². The minimum atomic E-state index is 0.0762. The molecule has 80 valence electrons. The van der Waals surface area contributed by atoms with E-state index in [9.17, 15) is 4.79 Å². The Hall–Kier alpha value is -0.770.